The second kappa shape index (κ2) is 6.54. The number of hydrogen-bond acceptors (Lipinski definition) is 5. The lowest BCUT2D eigenvalue weighted by molar-refractivity contribution is -0.146. The number of nitrogens with one attached hydrogen (secondary N) is 1. The molecule has 0 aromatic carbocycles. The van der Waals surface area contributed by atoms with Crippen molar-refractivity contribution in [1.82, 2.24) is 24.7 Å². The van der Waals surface area contributed by atoms with Gasteiger partial charge in [0.05, 0.1) is 0 Å². The monoisotopic (exact) mass is 342 g/mol. The molecule has 0 spiro atoms. The van der Waals surface area contributed by atoms with E-state index in [9.17, 15) is 13.2 Å². The number of hydrogen-bond donors (Lipinski definition) is 1. The summed E-state index contributed by atoms with van der Waals surface area (Å²) in [6.45, 7) is 7.09. The van der Waals surface area contributed by atoms with Crippen LogP contribution in [-0.2, 0) is 6.18 Å². The number of fused-ring (bicyclic) bond motifs is 1. The van der Waals surface area contributed by atoms with Gasteiger partial charge < -0.3 is 5.32 Å². The molecule has 0 unspecified atom stereocenters. The van der Waals surface area contributed by atoms with E-state index in [1.165, 1.54) is 18.9 Å². The van der Waals surface area contributed by atoms with Crippen LogP contribution < -0.4 is 5.32 Å². The molecule has 1 N–H and O–H groups in total. The van der Waals surface area contributed by atoms with Crippen LogP contribution in [-0.4, -0.2) is 50.4 Å². The molecule has 0 saturated carbocycles. The number of anilines is 1. The lowest BCUT2D eigenvalue weighted by atomic mass is 9.99. The first kappa shape index (κ1) is 16.9. The fraction of sp³-hybridized carbons (Fsp3) is 0.667. The summed E-state index contributed by atoms with van der Waals surface area (Å²) in [7, 11) is 0. The standard InChI is InChI=1S/C15H21F3N6/c1-10-4-3-7-23(9-10)11(2)8-19-12-5-6-13-20-21-14(15(16,17)18)24(13)22-12/h5-6,10-11H,3-4,7-9H2,1-2H3,(H,19,22)/t10-,11-/m0/s1. The van der Waals surface area contributed by atoms with Crippen molar-refractivity contribution in [3.05, 3.63) is 18.0 Å². The summed E-state index contributed by atoms with van der Waals surface area (Å²) in [6.07, 6.45) is -2.14. The van der Waals surface area contributed by atoms with Gasteiger partial charge in [-0.05, 0) is 44.4 Å². The summed E-state index contributed by atoms with van der Waals surface area (Å²) in [6, 6.07) is 3.38. The number of halogens is 3. The van der Waals surface area contributed by atoms with Crippen LogP contribution in [0.25, 0.3) is 5.65 Å². The van der Waals surface area contributed by atoms with Gasteiger partial charge in [-0.2, -0.15) is 17.7 Å². The molecule has 2 atom stereocenters. The van der Waals surface area contributed by atoms with Crippen LogP contribution in [0.15, 0.2) is 12.1 Å². The predicted molar refractivity (Wildman–Crippen MR) is 83.7 cm³/mol. The normalized spacial score (nSPS) is 21.1. The molecule has 2 aromatic heterocycles. The highest BCUT2D eigenvalue weighted by Crippen LogP contribution is 2.27. The van der Waals surface area contributed by atoms with Crippen molar-refractivity contribution in [2.75, 3.05) is 25.0 Å². The van der Waals surface area contributed by atoms with Crippen molar-refractivity contribution >= 4 is 11.5 Å². The van der Waals surface area contributed by atoms with Gasteiger partial charge >= 0.3 is 6.18 Å². The second-order valence-electron chi connectivity index (χ2n) is 6.48. The van der Waals surface area contributed by atoms with E-state index in [1.54, 1.807) is 6.07 Å². The van der Waals surface area contributed by atoms with Crippen LogP contribution in [0.3, 0.4) is 0 Å². The van der Waals surface area contributed by atoms with E-state index < -0.39 is 12.0 Å². The van der Waals surface area contributed by atoms with E-state index in [-0.39, 0.29) is 11.7 Å². The fourth-order valence-electron chi connectivity index (χ4n) is 3.07. The number of aromatic nitrogens is 4. The Morgan fingerprint density at radius 3 is 2.83 bits per heavy atom. The Kier molecular flexibility index (Phi) is 4.62. The van der Waals surface area contributed by atoms with Crippen molar-refractivity contribution in [2.45, 2.75) is 38.9 Å². The van der Waals surface area contributed by atoms with Crippen LogP contribution in [0, 0.1) is 5.92 Å². The lowest BCUT2D eigenvalue weighted by Gasteiger charge is -2.35. The van der Waals surface area contributed by atoms with E-state index in [2.05, 4.69) is 39.4 Å². The van der Waals surface area contributed by atoms with Crippen LogP contribution in [0.4, 0.5) is 19.0 Å². The zero-order chi connectivity index (χ0) is 17.3. The summed E-state index contributed by atoms with van der Waals surface area (Å²) in [5.41, 5.74) is 0.0748. The third kappa shape index (κ3) is 3.61. The Balaban J connectivity index is 1.69. The van der Waals surface area contributed by atoms with Gasteiger partial charge in [0.2, 0.25) is 0 Å². The van der Waals surface area contributed by atoms with Gasteiger partial charge in [0.15, 0.2) is 5.65 Å². The third-order valence-electron chi connectivity index (χ3n) is 4.41. The van der Waals surface area contributed by atoms with E-state index in [0.29, 0.717) is 18.3 Å². The number of likely N-dealkylation sites (tertiary alicyclic amines) is 1. The van der Waals surface area contributed by atoms with Crippen molar-refractivity contribution in [3.63, 3.8) is 0 Å². The zero-order valence-electron chi connectivity index (χ0n) is 13.7. The van der Waals surface area contributed by atoms with Gasteiger partial charge in [-0.25, -0.2) is 0 Å². The van der Waals surface area contributed by atoms with Crippen LogP contribution >= 0.6 is 0 Å². The summed E-state index contributed by atoms with van der Waals surface area (Å²) in [5, 5.41) is 13.8. The molecule has 0 aliphatic carbocycles. The molecular formula is C15H21F3N6. The molecule has 6 nitrogen and oxygen atoms in total. The van der Waals surface area contributed by atoms with Gasteiger partial charge in [-0.3, -0.25) is 4.90 Å². The van der Waals surface area contributed by atoms with E-state index in [4.69, 9.17) is 0 Å². The molecule has 0 radical (unpaired) electrons. The number of nitrogens with zero attached hydrogens (tertiary/aromatic N) is 5. The highest BCUT2D eigenvalue weighted by molar-refractivity contribution is 5.44. The first-order valence-corrected chi connectivity index (χ1v) is 8.12. The summed E-state index contributed by atoms with van der Waals surface area (Å²) >= 11 is 0. The van der Waals surface area contributed by atoms with Gasteiger partial charge in [-0.1, -0.05) is 6.92 Å². The Bertz CT molecular complexity index is 698. The van der Waals surface area contributed by atoms with E-state index in [1.807, 2.05) is 0 Å². The average molecular weight is 342 g/mol. The van der Waals surface area contributed by atoms with E-state index >= 15 is 0 Å². The molecule has 132 valence electrons. The summed E-state index contributed by atoms with van der Waals surface area (Å²) < 4.78 is 39.4. The van der Waals surface area contributed by atoms with Crippen LogP contribution in [0.2, 0.25) is 0 Å². The van der Waals surface area contributed by atoms with Crippen molar-refractivity contribution in [3.8, 4) is 0 Å². The van der Waals surface area contributed by atoms with Crippen LogP contribution in [0.5, 0.6) is 0 Å². The molecule has 1 aliphatic heterocycles. The smallest absolute Gasteiger partial charge is 0.367 e. The fourth-order valence-corrected chi connectivity index (χ4v) is 3.07. The Morgan fingerprint density at radius 1 is 1.33 bits per heavy atom. The highest BCUT2D eigenvalue weighted by Gasteiger charge is 2.37. The zero-order valence-corrected chi connectivity index (χ0v) is 13.7. The van der Waals surface area contributed by atoms with Gasteiger partial charge in [0, 0.05) is 19.1 Å². The second-order valence-corrected chi connectivity index (χ2v) is 6.48. The SMILES string of the molecule is C[C@H]1CCCN([C@@H](C)CNc2ccc3nnc(C(F)(F)F)n3n2)C1. The molecular weight excluding hydrogens is 321 g/mol. The quantitative estimate of drug-likeness (QED) is 0.926. The Morgan fingerprint density at radius 2 is 2.12 bits per heavy atom. The minimum absolute atomic E-state index is 0.0748. The number of piperidine rings is 1. The van der Waals surface area contributed by atoms with Gasteiger partial charge in [0.1, 0.15) is 5.82 Å². The maximum Gasteiger partial charge on any atom is 0.453 e. The molecule has 1 fully saturated rings. The van der Waals surface area contributed by atoms with Crippen LogP contribution in [0.1, 0.15) is 32.5 Å². The molecule has 3 heterocycles. The summed E-state index contributed by atoms with van der Waals surface area (Å²) in [5.74, 6) is -0.0502. The Hall–Kier alpha value is -1.90. The summed E-state index contributed by atoms with van der Waals surface area (Å²) in [4.78, 5) is 2.40. The first-order valence-electron chi connectivity index (χ1n) is 8.12. The minimum Gasteiger partial charge on any atom is -0.367 e. The minimum atomic E-state index is -4.58. The molecule has 24 heavy (non-hydrogen) atoms. The predicted octanol–water partition coefficient (Wildman–Crippen LogP) is 2.68. The molecule has 1 aliphatic rings. The molecule has 2 aromatic rings. The van der Waals surface area contributed by atoms with Gasteiger partial charge in [0.25, 0.3) is 5.82 Å². The van der Waals surface area contributed by atoms with Crippen molar-refractivity contribution in [2.24, 2.45) is 5.92 Å². The van der Waals surface area contributed by atoms with E-state index in [0.717, 1.165) is 17.6 Å². The average Bonchev–Trinajstić information content (AvgIpc) is 2.96. The lowest BCUT2D eigenvalue weighted by Crippen LogP contribution is -2.43. The van der Waals surface area contributed by atoms with Gasteiger partial charge in [-0.15, -0.1) is 15.3 Å². The van der Waals surface area contributed by atoms with Crippen molar-refractivity contribution in [1.29, 1.82) is 0 Å². The topological polar surface area (TPSA) is 58.3 Å². The number of alkyl halides is 3. The van der Waals surface area contributed by atoms with Crippen molar-refractivity contribution < 1.29 is 13.2 Å². The molecule has 1 saturated heterocycles. The molecule has 9 heteroatoms. The third-order valence-corrected chi connectivity index (χ3v) is 4.41. The Labute approximate surface area is 138 Å². The molecule has 3 rings (SSSR count). The maximum atomic E-state index is 12.9. The molecule has 0 bridgehead atoms. The molecule has 0 amide bonds. The largest absolute Gasteiger partial charge is 0.453 e. The highest BCUT2D eigenvalue weighted by atomic mass is 19.4. The first-order chi connectivity index (χ1) is 11.3. The maximum absolute atomic E-state index is 12.9. The number of rotatable bonds is 4.